The molecule has 0 fully saturated rings. The van der Waals surface area contributed by atoms with Gasteiger partial charge in [-0.2, -0.15) is 4.31 Å². The van der Waals surface area contributed by atoms with Gasteiger partial charge in [0.2, 0.25) is 10.0 Å². The van der Waals surface area contributed by atoms with Crippen LogP contribution >= 0.6 is 0 Å². The topological polar surface area (TPSA) is 120 Å². The average Bonchev–Trinajstić information content (AvgIpc) is 3.02. The number of carbonyl (C=O) groups excluding carboxylic acids is 2. The van der Waals surface area contributed by atoms with Crippen LogP contribution in [0.25, 0.3) is 0 Å². The van der Waals surface area contributed by atoms with Gasteiger partial charge in [0, 0.05) is 24.3 Å². The third kappa shape index (κ3) is 4.41. The van der Waals surface area contributed by atoms with E-state index in [-0.39, 0.29) is 33.7 Å². The molecule has 0 bridgehead atoms. The molecule has 9 heteroatoms. The molecule has 0 aliphatic heterocycles. The maximum atomic E-state index is 13.0. The zero-order valence-corrected chi connectivity index (χ0v) is 19.0. The van der Waals surface area contributed by atoms with Crippen LogP contribution < -0.4 is 5.32 Å². The van der Waals surface area contributed by atoms with Crippen LogP contribution in [0.5, 0.6) is 5.75 Å². The second-order valence-corrected chi connectivity index (χ2v) is 9.28. The van der Waals surface area contributed by atoms with E-state index in [0.717, 1.165) is 0 Å². The number of nitrogens with zero attached hydrogens (tertiary/aromatic N) is 1. The number of hydrogen-bond acceptors (Lipinski definition) is 5. The van der Waals surface area contributed by atoms with Crippen LogP contribution in [0.2, 0.25) is 0 Å². The Balaban J connectivity index is 2.49. The number of phenols is 1. The summed E-state index contributed by atoms with van der Waals surface area (Å²) in [5, 5.41) is 12.8. The van der Waals surface area contributed by atoms with Crippen molar-refractivity contribution < 1.29 is 23.1 Å². The molecule has 0 aliphatic carbocycles. The summed E-state index contributed by atoms with van der Waals surface area (Å²) in [6.45, 7) is 11.0. The highest BCUT2D eigenvalue weighted by Gasteiger charge is 2.26. The average molecular weight is 436 g/mol. The summed E-state index contributed by atoms with van der Waals surface area (Å²) in [6.07, 6.45) is 0. The minimum Gasteiger partial charge on any atom is -0.506 e. The second kappa shape index (κ2) is 9.01. The minimum atomic E-state index is -3.76. The van der Waals surface area contributed by atoms with E-state index in [1.807, 2.05) is 13.8 Å². The summed E-state index contributed by atoms with van der Waals surface area (Å²) in [5.74, 6) is -1.08. The fourth-order valence-electron chi connectivity index (χ4n) is 3.53. The number of phenolic OH excluding ortho intramolecular Hbond substituents is 1. The maximum absolute atomic E-state index is 13.0. The Bertz CT molecular complexity index is 1070. The lowest BCUT2D eigenvalue weighted by Crippen LogP contribution is -2.30. The monoisotopic (exact) mass is 435 g/mol. The van der Waals surface area contributed by atoms with E-state index in [2.05, 4.69) is 10.3 Å². The van der Waals surface area contributed by atoms with Crippen molar-refractivity contribution in [3.05, 3.63) is 40.7 Å². The number of Topliss-reactive ketones (excluding diaryl/α,β-unsaturated/α-hetero) is 1. The molecular formula is C21H29N3O5S. The van der Waals surface area contributed by atoms with Crippen molar-refractivity contribution in [3.63, 3.8) is 0 Å². The van der Waals surface area contributed by atoms with E-state index >= 15 is 0 Å². The molecule has 0 radical (unpaired) electrons. The summed E-state index contributed by atoms with van der Waals surface area (Å²) < 4.78 is 26.8. The van der Waals surface area contributed by atoms with Crippen molar-refractivity contribution in [2.45, 2.75) is 52.4 Å². The van der Waals surface area contributed by atoms with Gasteiger partial charge in [-0.15, -0.1) is 0 Å². The van der Waals surface area contributed by atoms with Gasteiger partial charge in [0.1, 0.15) is 11.4 Å². The number of anilines is 1. The SMILES string of the molecule is CCN(CC)S(=O)(=O)c1ccc(O)c(NC(=O)c2[nH]c(C)c(C(C)=O)c2C(C)C)c1. The molecule has 0 aliphatic rings. The molecule has 1 aromatic heterocycles. The Labute approximate surface area is 177 Å². The number of nitrogens with one attached hydrogen (secondary N) is 2. The largest absolute Gasteiger partial charge is 0.506 e. The Hall–Kier alpha value is -2.65. The molecule has 0 saturated heterocycles. The van der Waals surface area contributed by atoms with Gasteiger partial charge in [0.25, 0.3) is 5.91 Å². The van der Waals surface area contributed by atoms with Crippen LogP contribution in [0.15, 0.2) is 23.1 Å². The van der Waals surface area contributed by atoms with Crippen molar-refractivity contribution >= 4 is 27.4 Å². The van der Waals surface area contributed by atoms with E-state index in [1.54, 1.807) is 20.8 Å². The van der Waals surface area contributed by atoms with Crippen molar-refractivity contribution in [1.82, 2.24) is 9.29 Å². The van der Waals surface area contributed by atoms with Gasteiger partial charge >= 0.3 is 0 Å². The Kier molecular flexibility index (Phi) is 7.10. The molecular weight excluding hydrogens is 406 g/mol. The van der Waals surface area contributed by atoms with E-state index in [0.29, 0.717) is 29.9 Å². The summed E-state index contributed by atoms with van der Waals surface area (Å²) in [4.78, 5) is 27.9. The van der Waals surface area contributed by atoms with Crippen molar-refractivity contribution in [3.8, 4) is 5.75 Å². The maximum Gasteiger partial charge on any atom is 0.272 e. The molecule has 2 rings (SSSR count). The van der Waals surface area contributed by atoms with Crippen molar-refractivity contribution in [2.24, 2.45) is 0 Å². The number of ketones is 1. The number of aromatic nitrogens is 1. The first-order chi connectivity index (χ1) is 13.9. The highest BCUT2D eigenvalue weighted by atomic mass is 32.2. The van der Waals surface area contributed by atoms with Crippen LogP contribution in [-0.4, -0.2) is 47.6 Å². The molecule has 1 amide bonds. The van der Waals surface area contributed by atoms with Gasteiger partial charge < -0.3 is 15.4 Å². The van der Waals surface area contributed by atoms with Crippen LogP contribution in [0.3, 0.4) is 0 Å². The third-order valence-electron chi connectivity index (χ3n) is 4.94. The fourth-order valence-corrected chi connectivity index (χ4v) is 5.01. The number of hydrogen-bond donors (Lipinski definition) is 3. The number of H-pyrrole nitrogens is 1. The van der Waals surface area contributed by atoms with Gasteiger partial charge in [-0.3, -0.25) is 9.59 Å². The molecule has 0 atom stereocenters. The van der Waals surface area contributed by atoms with Gasteiger partial charge in [-0.25, -0.2) is 8.42 Å². The van der Waals surface area contributed by atoms with E-state index in [4.69, 9.17) is 0 Å². The molecule has 164 valence electrons. The van der Waals surface area contributed by atoms with Crippen molar-refractivity contribution in [1.29, 1.82) is 0 Å². The predicted octanol–water partition coefficient (Wildman–Crippen LogP) is 3.64. The van der Waals surface area contributed by atoms with Gasteiger partial charge in [0.05, 0.1) is 10.6 Å². The number of carbonyl (C=O) groups is 2. The van der Waals surface area contributed by atoms with Crippen molar-refractivity contribution in [2.75, 3.05) is 18.4 Å². The van der Waals surface area contributed by atoms with Gasteiger partial charge in [0.15, 0.2) is 5.78 Å². The van der Waals surface area contributed by atoms with Crippen LogP contribution in [0, 0.1) is 6.92 Å². The highest BCUT2D eigenvalue weighted by Crippen LogP contribution is 2.31. The Morgan fingerprint density at radius 2 is 1.80 bits per heavy atom. The first-order valence-corrected chi connectivity index (χ1v) is 11.3. The number of sulfonamides is 1. The van der Waals surface area contributed by atoms with E-state index in [9.17, 15) is 23.1 Å². The lowest BCUT2D eigenvalue weighted by atomic mass is 9.95. The van der Waals surface area contributed by atoms with E-state index in [1.165, 1.54) is 29.4 Å². The molecule has 1 aromatic carbocycles. The molecule has 8 nitrogen and oxygen atoms in total. The summed E-state index contributed by atoms with van der Waals surface area (Å²) in [7, 11) is -3.76. The Morgan fingerprint density at radius 3 is 2.30 bits per heavy atom. The number of benzene rings is 1. The van der Waals surface area contributed by atoms with E-state index < -0.39 is 15.9 Å². The van der Waals surface area contributed by atoms with Crippen LogP contribution in [-0.2, 0) is 10.0 Å². The summed E-state index contributed by atoms with van der Waals surface area (Å²) in [5.41, 5.74) is 1.82. The number of aromatic hydroxyl groups is 1. The number of amides is 1. The summed E-state index contributed by atoms with van der Waals surface area (Å²) >= 11 is 0. The second-order valence-electron chi connectivity index (χ2n) is 7.35. The predicted molar refractivity (Wildman–Crippen MR) is 116 cm³/mol. The zero-order chi connectivity index (χ0) is 22.8. The molecule has 30 heavy (non-hydrogen) atoms. The smallest absolute Gasteiger partial charge is 0.272 e. The first-order valence-electron chi connectivity index (χ1n) is 9.83. The van der Waals surface area contributed by atoms with Crippen LogP contribution in [0.1, 0.15) is 72.6 Å². The van der Waals surface area contributed by atoms with Gasteiger partial charge in [-0.05, 0) is 43.5 Å². The standard InChI is InChI=1S/C21H29N3O5S/c1-7-24(8-2)30(28,29)15-9-10-17(26)16(11-15)23-21(27)20-18(12(3)4)19(14(6)25)13(5)22-20/h9-12,22,26H,7-8H2,1-6H3,(H,23,27). The number of aromatic amines is 1. The lowest BCUT2D eigenvalue weighted by molar-refractivity contribution is 0.101. The molecule has 3 N–H and O–H groups in total. The molecule has 0 saturated carbocycles. The van der Waals surface area contributed by atoms with Gasteiger partial charge in [-0.1, -0.05) is 27.7 Å². The quantitative estimate of drug-likeness (QED) is 0.432. The number of rotatable bonds is 8. The molecule has 0 spiro atoms. The molecule has 0 unspecified atom stereocenters. The normalized spacial score (nSPS) is 11.9. The first kappa shape index (κ1) is 23.6. The zero-order valence-electron chi connectivity index (χ0n) is 18.2. The third-order valence-corrected chi connectivity index (χ3v) is 6.99. The highest BCUT2D eigenvalue weighted by molar-refractivity contribution is 7.89. The number of aryl methyl sites for hydroxylation is 1. The Morgan fingerprint density at radius 1 is 1.20 bits per heavy atom. The fraction of sp³-hybridized carbons (Fsp3) is 0.429. The lowest BCUT2D eigenvalue weighted by Gasteiger charge is -2.19. The van der Waals surface area contributed by atoms with Crippen LogP contribution in [0.4, 0.5) is 5.69 Å². The minimum absolute atomic E-state index is 0.0282. The molecule has 1 heterocycles. The molecule has 2 aromatic rings. The summed E-state index contributed by atoms with van der Waals surface area (Å²) in [6, 6.07) is 3.76.